The van der Waals surface area contributed by atoms with Crippen molar-refractivity contribution in [2.75, 3.05) is 30.9 Å². The molecule has 5 rings (SSSR count). The maximum atomic E-state index is 13.5. The number of nitrogens with one attached hydrogen (secondary N) is 1. The maximum absolute atomic E-state index is 13.5. The molecule has 11 heteroatoms. The lowest BCUT2D eigenvalue weighted by Crippen LogP contribution is -2.50. The zero-order chi connectivity index (χ0) is 25.8. The molecule has 3 aromatic rings. The van der Waals surface area contributed by atoms with Crippen LogP contribution in [0.1, 0.15) is 36.0 Å². The number of anilines is 1. The van der Waals surface area contributed by atoms with Crippen LogP contribution in [-0.4, -0.2) is 67.4 Å². The number of sulfonamides is 1. The summed E-state index contributed by atoms with van der Waals surface area (Å²) in [5.74, 6) is -0.760. The minimum absolute atomic E-state index is 0.124. The van der Waals surface area contributed by atoms with E-state index in [1.165, 1.54) is 35.6 Å². The van der Waals surface area contributed by atoms with Crippen molar-refractivity contribution in [3.8, 4) is 5.19 Å². The second-order valence-electron chi connectivity index (χ2n) is 9.32. The van der Waals surface area contributed by atoms with Crippen LogP contribution < -0.4 is 9.46 Å². The molecule has 2 aliphatic rings. The molecule has 2 aliphatic heterocycles. The first kappa shape index (κ1) is 25.6. The zero-order valence-electron chi connectivity index (χ0n) is 20.3. The lowest BCUT2D eigenvalue weighted by molar-refractivity contribution is 0.0425. The first-order valence-corrected chi connectivity index (χ1v) is 14.7. The molecule has 1 N–H and O–H groups in total. The van der Waals surface area contributed by atoms with Crippen LogP contribution in [-0.2, 0) is 10.0 Å². The van der Waals surface area contributed by atoms with E-state index in [2.05, 4.69) is 14.6 Å². The van der Waals surface area contributed by atoms with Gasteiger partial charge in [-0.1, -0.05) is 23.5 Å². The number of hydrogen-bond acceptors (Lipinski definition) is 7. The van der Waals surface area contributed by atoms with E-state index in [1.807, 2.05) is 10.3 Å². The first-order chi connectivity index (χ1) is 17.9. The highest BCUT2D eigenvalue weighted by Gasteiger charge is 2.31. The summed E-state index contributed by atoms with van der Waals surface area (Å²) in [5, 5.41) is 2.65. The number of amides is 1. The molecule has 3 heterocycles. The second kappa shape index (κ2) is 11.2. The van der Waals surface area contributed by atoms with Crippen molar-refractivity contribution in [3.63, 3.8) is 0 Å². The van der Waals surface area contributed by atoms with Crippen LogP contribution in [0.25, 0.3) is 0 Å². The number of piperidine rings is 2. The van der Waals surface area contributed by atoms with E-state index in [0.29, 0.717) is 24.7 Å². The fraction of sp³-hybridized carbons (Fsp3) is 0.385. The Morgan fingerprint density at radius 3 is 2.49 bits per heavy atom. The predicted octanol–water partition coefficient (Wildman–Crippen LogP) is 4.23. The van der Waals surface area contributed by atoms with E-state index in [0.717, 1.165) is 50.0 Å². The third kappa shape index (κ3) is 6.28. The monoisotopic (exact) mass is 544 g/mol. The van der Waals surface area contributed by atoms with Crippen LogP contribution in [0.15, 0.2) is 65.0 Å². The largest absolute Gasteiger partial charge is 0.467 e. The highest BCUT2D eigenvalue weighted by molar-refractivity contribution is 7.92. The number of carbonyl (C=O) groups excluding carboxylic acids is 1. The molecular formula is C26H29FN4O4S2. The van der Waals surface area contributed by atoms with Crippen LogP contribution >= 0.6 is 11.3 Å². The summed E-state index contributed by atoms with van der Waals surface area (Å²) in [4.78, 5) is 21.5. The molecule has 0 spiro atoms. The van der Waals surface area contributed by atoms with Crippen molar-refractivity contribution in [1.82, 2.24) is 14.8 Å². The van der Waals surface area contributed by atoms with E-state index in [9.17, 15) is 17.6 Å². The Kier molecular flexibility index (Phi) is 7.73. The van der Waals surface area contributed by atoms with Crippen molar-refractivity contribution >= 4 is 33.0 Å². The molecule has 196 valence electrons. The summed E-state index contributed by atoms with van der Waals surface area (Å²) in [6.45, 7) is 3.25. The average molecular weight is 545 g/mol. The molecule has 2 fully saturated rings. The first-order valence-electron chi connectivity index (χ1n) is 12.4. The Morgan fingerprint density at radius 2 is 1.78 bits per heavy atom. The lowest BCUT2D eigenvalue weighted by Gasteiger charge is -2.41. The van der Waals surface area contributed by atoms with Gasteiger partial charge in [-0.2, -0.15) is 0 Å². The fourth-order valence-corrected chi connectivity index (χ4v) is 6.58. The summed E-state index contributed by atoms with van der Waals surface area (Å²) in [7, 11) is -3.97. The van der Waals surface area contributed by atoms with E-state index >= 15 is 0 Å². The third-order valence-corrected chi connectivity index (χ3v) is 8.93. The zero-order valence-corrected chi connectivity index (χ0v) is 21.9. The number of halogens is 1. The van der Waals surface area contributed by atoms with Gasteiger partial charge in [0.2, 0.25) is 0 Å². The number of ether oxygens (including phenoxy) is 1. The summed E-state index contributed by atoms with van der Waals surface area (Å²) in [6.07, 6.45) is 5.69. The number of likely N-dealkylation sites (tertiary alicyclic amines) is 2. The van der Waals surface area contributed by atoms with Gasteiger partial charge in [-0.15, -0.1) is 0 Å². The summed E-state index contributed by atoms with van der Waals surface area (Å²) in [5.41, 5.74) is 0.672. The van der Waals surface area contributed by atoms with Gasteiger partial charge in [-0.25, -0.2) is 17.8 Å². The van der Waals surface area contributed by atoms with Crippen molar-refractivity contribution in [2.45, 2.75) is 42.7 Å². The SMILES string of the molecule is O=C(c1cccc(NS(=O)(=O)c2cccc(F)c2)c1)N1CCC(N2CCC(Oc3nccs3)CC2)CC1. The standard InChI is InChI=1S/C26H29FN4O4S2/c27-20-4-2-6-24(18-20)37(33,34)29-21-5-1-3-19(17-21)25(32)31-12-7-22(8-13-31)30-14-9-23(10-15-30)35-26-28-11-16-36-26/h1-6,11,16-18,22-23,29H,7-10,12-15H2. The van der Waals surface area contributed by atoms with Gasteiger partial charge in [-0.3, -0.25) is 14.4 Å². The quantitative estimate of drug-likeness (QED) is 0.479. The average Bonchev–Trinajstić information content (AvgIpc) is 3.42. The highest BCUT2D eigenvalue weighted by atomic mass is 32.2. The van der Waals surface area contributed by atoms with Gasteiger partial charge < -0.3 is 9.64 Å². The molecule has 0 unspecified atom stereocenters. The van der Waals surface area contributed by atoms with Gasteiger partial charge in [0.25, 0.3) is 21.1 Å². The summed E-state index contributed by atoms with van der Waals surface area (Å²) >= 11 is 1.52. The Hall–Kier alpha value is -3.02. The molecule has 37 heavy (non-hydrogen) atoms. The molecule has 1 amide bonds. The third-order valence-electron chi connectivity index (χ3n) is 6.89. The molecule has 2 saturated heterocycles. The number of thiazole rings is 1. The van der Waals surface area contributed by atoms with Crippen LogP contribution in [0.2, 0.25) is 0 Å². The minimum Gasteiger partial charge on any atom is -0.467 e. The minimum atomic E-state index is -3.97. The van der Waals surface area contributed by atoms with Crippen molar-refractivity contribution < 1.29 is 22.3 Å². The molecule has 0 bridgehead atoms. The van der Waals surface area contributed by atoms with E-state index in [1.54, 1.807) is 24.4 Å². The summed E-state index contributed by atoms with van der Waals surface area (Å²) < 4.78 is 47.2. The number of hydrogen-bond donors (Lipinski definition) is 1. The van der Waals surface area contributed by atoms with Crippen LogP contribution in [0.4, 0.5) is 10.1 Å². The smallest absolute Gasteiger partial charge is 0.273 e. The van der Waals surface area contributed by atoms with E-state index in [4.69, 9.17) is 4.74 Å². The van der Waals surface area contributed by atoms with Crippen LogP contribution in [0.5, 0.6) is 5.19 Å². The van der Waals surface area contributed by atoms with Crippen molar-refractivity contribution in [3.05, 3.63) is 71.5 Å². The van der Waals surface area contributed by atoms with Gasteiger partial charge in [0, 0.05) is 55.0 Å². The fourth-order valence-electron chi connectivity index (χ4n) is 4.95. The number of aromatic nitrogens is 1. The number of nitrogens with zero attached hydrogens (tertiary/aromatic N) is 3. The second-order valence-corrected chi connectivity index (χ2v) is 11.9. The molecule has 0 atom stereocenters. The molecule has 0 radical (unpaired) electrons. The number of rotatable bonds is 7. The van der Waals surface area contributed by atoms with E-state index < -0.39 is 15.8 Å². The van der Waals surface area contributed by atoms with Crippen LogP contribution in [0.3, 0.4) is 0 Å². The Bertz CT molecular complexity index is 1320. The Morgan fingerprint density at radius 1 is 1.03 bits per heavy atom. The van der Waals surface area contributed by atoms with E-state index in [-0.39, 0.29) is 22.6 Å². The van der Waals surface area contributed by atoms with Gasteiger partial charge in [0.15, 0.2) is 0 Å². The number of carbonyl (C=O) groups is 1. The molecule has 8 nitrogen and oxygen atoms in total. The van der Waals surface area contributed by atoms with Gasteiger partial charge in [0.05, 0.1) is 4.90 Å². The molecule has 0 saturated carbocycles. The molecular weight excluding hydrogens is 515 g/mol. The highest BCUT2D eigenvalue weighted by Crippen LogP contribution is 2.26. The van der Waals surface area contributed by atoms with Crippen molar-refractivity contribution in [2.24, 2.45) is 0 Å². The molecule has 0 aliphatic carbocycles. The van der Waals surface area contributed by atoms with Crippen LogP contribution in [0, 0.1) is 5.82 Å². The molecule has 2 aromatic carbocycles. The maximum Gasteiger partial charge on any atom is 0.273 e. The van der Waals surface area contributed by atoms with Gasteiger partial charge >= 0.3 is 0 Å². The van der Waals surface area contributed by atoms with Gasteiger partial charge in [-0.05, 0) is 62.1 Å². The predicted molar refractivity (Wildman–Crippen MR) is 140 cm³/mol. The lowest BCUT2D eigenvalue weighted by atomic mass is 9.98. The van der Waals surface area contributed by atoms with Gasteiger partial charge in [0.1, 0.15) is 11.9 Å². The normalized spacial score (nSPS) is 18.0. The topological polar surface area (TPSA) is 91.8 Å². The Balaban J connectivity index is 1.14. The number of benzene rings is 2. The van der Waals surface area contributed by atoms with Crippen molar-refractivity contribution in [1.29, 1.82) is 0 Å². The Labute approximate surface area is 220 Å². The summed E-state index contributed by atoms with van der Waals surface area (Å²) in [6, 6.07) is 11.7. The molecule has 1 aromatic heterocycles.